The number of likely N-dealkylation sites (tertiary alicyclic amines) is 1. The number of carbonyl (C=O) groups excluding carboxylic acids is 5. The maximum Gasteiger partial charge on any atom is 0.294 e. The molecule has 10 heterocycles. The summed E-state index contributed by atoms with van der Waals surface area (Å²) in [5, 5.41) is 12.5. The first-order valence-electron chi connectivity index (χ1n) is 53.5. The smallest absolute Gasteiger partial charge is 0.294 e. The van der Waals surface area contributed by atoms with Crippen molar-refractivity contribution in [1.29, 1.82) is 0 Å². The second-order valence-corrected chi connectivity index (χ2v) is 45.1. The minimum atomic E-state index is -2.98. The van der Waals surface area contributed by atoms with Gasteiger partial charge in [-0.15, -0.1) is 15.0 Å². The van der Waals surface area contributed by atoms with Crippen LogP contribution in [-0.4, -0.2) is 233 Å². The van der Waals surface area contributed by atoms with Crippen LogP contribution in [0.2, 0.25) is 0 Å². The number of rotatable bonds is 28. The van der Waals surface area contributed by atoms with Crippen LogP contribution in [0.4, 0.5) is 39.8 Å². The van der Waals surface area contributed by atoms with Gasteiger partial charge in [0.05, 0.1) is 64.4 Å². The number of hydrogen-bond donors (Lipinski definition) is 4. The molecule has 0 bridgehead atoms. The van der Waals surface area contributed by atoms with E-state index >= 15 is 0 Å². The molecule has 4 aromatic rings. The van der Waals surface area contributed by atoms with Gasteiger partial charge in [0, 0.05) is 171 Å². The van der Waals surface area contributed by atoms with Gasteiger partial charge in [-0.25, -0.2) is 13.3 Å². The van der Waals surface area contributed by atoms with Crippen molar-refractivity contribution in [2.24, 2.45) is 38.1 Å². The molecule has 29 heteroatoms. The Bertz CT molecular complexity index is 5890. The number of aliphatic imine (C=N–C) groups is 3. The first kappa shape index (κ1) is 108. The Hall–Kier alpha value is -11.3. The van der Waals surface area contributed by atoms with Gasteiger partial charge in [0.25, 0.3) is 41.1 Å². The molecule has 3 aliphatic carbocycles. The zero-order valence-electron chi connectivity index (χ0n) is 88.0. The fraction of sp³-hybridized carbons (Fsp3) is 0.583. The molecule has 5 amide bonds. The number of piperidine rings is 3. The van der Waals surface area contributed by atoms with Gasteiger partial charge in [-0.1, -0.05) is 143 Å². The number of carbonyl (C=O) groups is 5. The third kappa shape index (κ3) is 26.2. The van der Waals surface area contributed by atoms with Gasteiger partial charge in [0.1, 0.15) is 0 Å². The van der Waals surface area contributed by atoms with E-state index in [0.717, 1.165) is 239 Å². The van der Waals surface area contributed by atoms with E-state index in [2.05, 4.69) is 245 Å². The molecular weight excluding hydrogens is 1820 g/mol. The first-order chi connectivity index (χ1) is 69.2. The van der Waals surface area contributed by atoms with Crippen LogP contribution in [0.15, 0.2) is 153 Å². The summed E-state index contributed by atoms with van der Waals surface area (Å²) in [5.74, 6) is 2.72. The molecule has 0 atom stereocenters. The molecule has 0 unspecified atom stereocenters. The highest BCUT2D eigenvalue weighted by atomic mass is 32.2. The van der Waals surface area contributed by atoms with Crippen molar-refractivity contribution >= 4 is 102 Å². The standard InChI is InChI=1S/C31H40N4O3S.C30H41N5O2.C27H38N6O.C27H37N5O2/c1-4-31(5-2,35-18-20-39(37,38)21-19-35)24-8-9-26(34-29(36)27-10-11-28(32-3)33-27)25(22-24)23-12-16-30(17-13-23)14-6-7-15-30;1-6-30(7-2,35-18-16-33(17-19-35)23(4)36)25-9-11-27(28(21-25)34-14-12-22(3)13-15-34)32-29(37)24-8-10-26(20-24)31-5;1-6-31-15-17-33(18-16-31)27(3,4)21-7-8-22(24(19-21)32-13-11-20(2)12-14-32)30-26(34)23-9-10-25(28-5)29-23;1-20-11-15-32(16-12-20)24-19-21(27(2,3)34-18-17-31-13-5-6-14-31)7-8-22(24)30-26(33)23-9-10-25(28-4)29-23/h8-9,11-12,22H,4-7,10,13-21H2,1-2H3,(H,34,36);9-11,20-22H,6-8,12-19H2,1-4H3,(H,32,37);7-8,10,19-20H,6,9,11-18H2,1-4H3,(H,30,34);7-8,10,19-20H,5-6,9,11-18H2,1-3H3,(H,30,33). The van der Waals surface area contributed by atoms with E-state index in [1.165, 1.54) is 80.3 Å². The summed E-state index contributed by atoms with van der Waals surface area (Å²) in [6, 6.07) is 25.7. The van der Waals surface area contributed by atoms with Crippen molar-refractivity contribution in [2.75, 3.05) is 185 Å². The lowest BCUT2D eigenvalue weighted by atomic mass is 9.72. The number of allylic oxidation sites excluding steroid dienone is 7. The minimum absolute atomic E-state index is 0.0931. The van der Waals surface area contributed by atoms with Crippen molar-refractivity contribution in [3.8, 4) is 0 Å². The van der Waals surface area contributed by atoms with E-state index in [9.17, 15) is 32.4 Å². The SMILES string of the molecule is [C-]#[N+]C1=CCC(C(=O)Nc2ccc(C(C)(C)N3CCN(CC)CC3)cc2N2CCC(C)CC2)=N1.[C-]#[N+]C1=CCC(C(=O)Nc2ccc(C(C)(C)OCCN3CCCC3)cc2N2CCC(C)CC2)=N1.[C-]#[N+]C1=CCC(C(=O)Nc2ccc(C(CC)(CC)N3CCN(C(C)=O)CC3)cc2N2CCC(C)CC2)=C1.[C-]#[N+]C1=CCC(C(=O)Nc2ccc(C(CC)(CC)N3CCS(=O)(=O)CC3)cc2C2=CCC3(CCCC3)CC2)=N1. The van der Waals surface area contributed by atoms with Crippen LogP contribution in [0, 0.1) is 49.5 Å². The second kappa shape index (κ2) is 48.8. The summed E-state index contributed by atoms with van der Waals surface area (Å²) in [6.07, 6.45) is 34.3. The first-order valence-corrected chi connectivity index (χ1v) is 55.3. The van der Waals surface area contributed by atoms with Crippen LogP contribution in [0.3, 0.4) is 0 Å². The van der Waals surface area contributed by atoms with Crippen LogP contribution in [0.25, 0.3) is 25.0 Å². The third-order valence-electron chi connectivity index (χ3n) is 33.5. The summed E-state index contributed by atoms with van der Waals surface area (Å²) in [7, 11) is -2.98. The number of sulfone groups is 1. The number of anilines is 7. The van der Waals surface area contributed by atoms with E-state index in [-0.39, 0.29) is 63.5 Å². The normalized spacial score (nSPS) is 20.6. The van der Waals surface area contributed by atoms with Crippen LogP contribution < -0.4 is 36.0 Å². The highest BCUT2D eigenvalue weighted by Gasteiger charge is 2.44. The van der Waals surface area contributed by atoms with Crippen LogP contribution in [0.1, 0.15) is 266 Å². The Labute approximate surface area is 857 Å². The van der Waals surface area contributed by atoms with Gasteiger partial charge in [0.2, 0.25) is 5.91 Å². The predicted octanol–water partition coefficient (Wildman–Crippen LogP) is 20.4. The number of ether oxygens (including phenoxy) is 1. The maximum atomic E-state index is 13.2. The highest BCUT2D eigenvalue weighted by molar-refractivity contribution is 7.91. The van der Waals surface area contributed by atoms with E-state index < -0.39 is 15.4 Å². The quantitative estimate of drug-likeness (QED) is 0.0385. The Morgan fingerprint density at radius 2 is 0.868 bits per heavy atom. The molecule has 770 valence electrons. The minimum Gasteiger partial charge on any atom is -0.370 e. The number of amides is 5. The molecule has 0 aromatic heterocycles. The van der Waals surface area contributed by atoms with Crippen LogP contribution in [-0.2, 0) is 60.8 Å². The summed E-state index contributed by atoms with van der Waals surface area (Å²) < 4.78 is 30.8. The van der Waals surface area contributed by atoms with Gasteiger partial charge >= 0.3 is 0 Å². The van der Waals surface area contributed by atoms with Gasteiger partial charge in [-0.05, 0) is 269 Å². The van der Waals surface area contributed by atoms with E-state index in [4.69, 9.17) is 31.0 Å². The van der Waals surface area contributed by atoms with Crippen LogP contribution >= 0.6 is 0 Å². The molecule has 1 saturated carbocycles. The second-order valence-electron chi connectivity index (χ2n) is 42.8. The number of piperazine rings is 2. The molecule has 4 aromatic carbocycles. The summed E-state index contributed by atoms with van der Waals surface area (Å²) in [5.41, 5.74) is 15.5. The Kier molecular flexibility index (Phi) is 36.8. The lowest BCUT2D eigenvalue weighted by Gasteiger charge is -2.48. The Balaban J connectivity index is 0.000000152. The molecule has 28 nitrogen and oxygen atoms in total. The molecule has 1 spiro atoms. The molecule has 4 N–H and O–H groups in total. The molecule has 17 rings (SSSR count). The lowest BCUT2D eigenvalue weighted by Crippen LogP contribution is -2.56. The van der Waals surface area contributed by atoms with E-state index in [0.29, 0.717) is 103 Å². The highest BCUT2D eigenvalue weighted by Crippen LogP contribution is 2.52. The topological polar surface area (TPSA) is 261 Å². The molecule has 13 aliphatic rings. The molecule has 0 radical (unpaired) electrons. The van der Waals surface area contributed by atoms with Crippen molar-refractivity contribution in [3.05, 3.63) is 211 Å². The van der Waals surface area contributed by atoms with Gasteiger partial charge in [-0.3, -0.25) is 38.7 Å². The van der Waals surface area contributed by atoms with Crippen molar-refractivity contribution in [1.82, 2.24) is 29.4 Å². The van der Waals surface area contributed by atoms with Gasteiger partial charge in [0.15, 0.2) is 32.7 Å². The lowest BCUT2D eigenvalue weighted by molar-refractivity contribution is -0.131. The number of nitrogens with one attached hydrogen (secondary N) is 4. The Morgan fingerprint density at radius 3 is 1.29 bits per heavy atom. The maximum absolute atomic E-state index is 13.2. The molecule has 144 heavy (non-hydrogen) atoms. The zero-order chi connectivity index (χ0) is 103. The third-order valence-corrected chi connectivity index (χ3v) is 35.1. The average Bonchev–Trinajstić information content (AvgIpc) is 0.876. The average molecular weight is 1980 g/mol. The number of likely N-dealkylation sites (N-methyl/N-ethyl adjacent to an activating group) is 1. The van der Waals surface area contributed by atoms with Gasteiger partial charge in [-0.2, -0.15) is 0 Å². The molecule has 8 fully saturated rings. The Morgan fingerprint density at radius 1 is 0.451 bits per heavy atom. The molecule has 7 saturated heterocycles. The van der Waals surface area contributed by atoms with E-state index in [1.807, 2.05) is 17.0 Å². The van der Waals surface area contributed by atoms with E-state index in [1.54, 1.807) is 37.3 Å². The zero-order valence-corrected chi connectivity index (χ0v) is 88.8. The number of benzene rings is 4. The fourth-order valence-electron chi connectivity index (χ4n) is 23.4. The number of nitrogens with zero attached hydrogens (tertiary/aromatic N) is 16. The summed E-state index contributed by atoms with van der Waals surface area (Å²) in [4.78, 5) is 112. The summed E-state index contributed by atoms with van der Waals surface area (Å²) >= 11 is 0. The fourth-order valence-corrected chi connectivity index (χ4v) is 24.6. The molecule has 10 aliphatic heterocycles. The van der Waals surface area contributed by atoms with Crippen molar-refractivity contribution < 1.29 is 37.1 Å². The van der Waals surface area contributed by atoms with Crippen molar-refractivity contribution in [2.45, 2.75) is 260 Å². The molecular formula is C115H156N20O8S. The largest absolute Gasteiger partial charge is 0.370 e. The van der Waals surface area contributed by atoms with Crippen molar-refractivity contribution in [3.63, 3.8) is 0 Å². The monoisotopic (exact) mass is 1980 g/mol. The predicted molar refractivity (Wildman–Crippen MR) is 582 cm³/mol. The van der Waals surface area contributed by atoms with Crippen LogP contribution in [0.5, 0.6) is 0 Å². The summed E-state index contributed by atoms with van der Waals surface area (Å²) in [6.45, 7) is 76.9. The van der Waals surface area contributed by atoms with Gasteiger partial charge < -0.3 is 69.9 Å². The number of hydrogen-bond acceptors (Lipinski definition) is 19.